The molecule has 0 spiro atoms. The van der Waals surface area contributed by atoms with Crippen molar-refractivity contribution >= 4 is 21.6 Å². The van der Waals surface area contributed by atoms with Gasteiger partial charge >= 0.3 is 0 Å². The minimum Gasteiger partial charge on any atom is -0.497 e. The lowest BCUT2D eigenvalue weighted by atomic mass is 10.2. The summed E-state index contributed by atoms with van der Waals surface area (Å²) < 4.78 is 36.9. The number of methoxy groups -OCH3 is 2. The van der Waals surface area contributed by atoms with Gasteiger partial charge in [0, 0.05) is 17.8 Å². The Kier molecular flexibility index (Phi) is 6.31. The third kappa shape index (κ3) is 5.73. The van der Waals surface area contributed by atoms with Crippen molar-refractivity contribution < 1.29 is 22.7 Å². The van der Waals surface area contributed by atoms with Crippen LogP contribution in [-0.2, 0) is 20.6 Å². The largest absolute Gasteiger partial charge is 0.497 e. The maximum atomic E-state index is 12.2. The number of amides is 1. The van der Waals surface area contributed by atoms with E-state index in [9.17, 15) is 13.2 Å². The van der Waals surface area contributed by atoms with Gasteiger partial charge in [-0.15, -0.1) is 0 Å². The van der Waals surface area contributed by atoms with E-state index in [0.29, 0.717) is 22.7 Å². The average molecular weight is 365 g/mol. The molecule has 0 fully saturated rings. The van der Waals surface area contributed by atoms with Crippen LogP contribution in [-0.4, -0.2) is 40.1 Å². The van der Waals surface area contributed by atoms with Crippen LogP contribution in [0, 0.1) is 0 Å². The Hall–Kier alpha value is -2.65. The van der Waals surface area contributed by atoms with Gasteiger partial charge in [-0.3, -0.25) is 9.78 Å². The van der Waals surface area contributed by atoms with E-state index < -0.39 is 15.9 Å². The molecule has 1 heterocycles. The number of carbonyl (C=O) groups excluding carboxylic acids is 1. The number of hydrogen-bond donors (Lipinski definition) is 2. The quantitative estimate of drug-likeness (QED) is 0.727. The molecule has 0 saturated carbocycles. The van der Waals surface area contributed by atoms with E-state index in [1.807, 2.05) is 0 Å². The van der Waals surface area contributed by atoms with Crippen LogP contribution in [0.5, 0.6) is 11.5 Å². The summed E-state index contributed by atoms with van der Waals surface area (Å²) in [5.74, 6) is 0.143. The highest BCUT2D eigenvalue weighted by Crippen LogP contribution is 2.25. The van der Waals surface area contributed by atoms with E-state index >= 15 is 0 Å². The zero-order chi connectivity index (χ0) is 18.3. The number of benzene rings is 1. The molecule has 9 heteroatoms. The highest BCUT2D eigenvalue weighted by molar-refractivity contribution is 7.88. The molecule has 0 radical (unpaired) electrons. The zero-order valence-corrected chi connectivity index (χ0v) is 14.7. The van der Waals surface area contributed by atoms with Gasteiger partial charge in [0.1, 0.15) is 11.5 Å². The molecule has 25 heavy (non-hydrogen) atoms. The van der Waals surface area contributed by atoms with Crippen molar-refractivity contribution in [3.8, 4) is 11.5 Å². The smallest absolute Gasteiger partial charge is 0.239 e. The van der Waals surface area contributed by atoms with E-state index in [-0.39, 0.29) is 12.3 Å². The van der Waals surface area contributed by atoms with E-state index in [4.69, 9.17) is 9.47 Å². The molecule has 0 aliphatic carbocycles. The Morgan fingerprint density at radius 3 is 2.64 bits per heavy atom. The topological polar surface area (TPSA) is 107 Å². The Labute approximate surface area is 146 Å². The van der Waals surface area contributed by atoms with Gasteiger partial charge in [0.2, 0.25) is 15.9 Å². The summed E-state index contributed by atoms with van der Waals surface area (Å²) in [6.07, 6.45) is 3.04. The highest BCUT2D eigenvalue weighted by Gasteiger charge is 2.17. The number of hydrogen-bond acceptors (Lipinski definition) is 6. The first-order chi connectivity index (χ1) is 11.9. The molecule has 0 unspecified atom stereocenters. The summed E-state index contributed by atoms with van der Waals surface area (Å²) >= 11 is 0. The second-order valence-electron chi connectivity index (χ2n) is 5.05. The van der Waals surface area contributed by atoms with E-state index in [1.165, 1.54) is 20.4 Å². The van der Waals surface area contributed by atoms with Crippen LogP contribution < -0.4 is 19.5 Å². The molecule has 1 aromatic heterocycles. The molecule has 8 nitrogen and oxygen atoms in total. The number of pyridine rings is 1. The lowest BCUT2D eigenvalue weighted by Crippen LogP contribution is -2.33. The van der Waals surface area contributed by atoms with Gasteiger partial charge in [-0.05, 0) is 18.2 Å². The first-order valence-corrected chi connectivity index (χ1v) is 8.97. The predicted molar refractivity (Wildman–Crippen MR) is 93.0 cm³/mol. The van der Waals surface area contributed by atoms with Crippen molar-refractivity contribution in [1.29, 1.82) is 0 Å². The third-order valence-electron chi connectivity index (χ3n) is 3.24. The SMILES string of the molecule is COc1ccc(CS(=O)(=O)NCC(=O)Nc2cccnc2)c(OC)c1. The number of nitrogens with zero attached hydrogens (tertiary/aromatic N) is 1. The molecule has 134 valence electrons. The van der Waals surface area contributed by atoms with Crippen LogP contribution in [0.3, 0.4) is 0 Å². The van der Waals surface area contributed by atoms with Crippen LogP contribution in [0.2, 0.25) is 0 Å². The second-order valence-corrected chi connectivity index (χ2v) is 6.85. The van der Waals surface area contributed by atoms with Crippen LogP contribution >= 0.6 is 0 Å². The minimum atomic E-state index is -3.72. The third-order valence-corrected chi connectivity index (χ3v) is 4.51. The number of carbonyl (C=O) groups is 1. The number of sulfonamides is 1. The van der Waals surface area contributed by atoms with Crippen molar-refractivity contribution in [3.05, 3.63) is 48.3 Å². The fourth-order valence-electron chi connectivity index (χ4n) is 2.04. The molecule has 2 rings (SSSR count). The zero-order valence-electron chi connectivity index (χ0n) is 13.9. The lowest BCUT2D eigenvalue weighted by Gasteiger charge is -2.11. The second kappa shape index (κ2) is 8.45. The molecule has 1 amide bonds. The van der Waals surface area contributed by atoms with Crippen molar-refractivity contribution in [2.75, 3.05) is 26.1 Å². The normalized spacial score (nSPS) is 11.0. The fourth-order valence-corrected chi connectivity index (χ4v) is 3.15. The Morgan fingerprint density at radius 2 is 2.00 bits per heavy atom. The average Bonchev–Trinajstić information content (AvgIpc) is 2.61. The summed E-state index contributed by atoms with van der Waals surface area (Å²) in [6, 6.07) is 8.16. The van der Waals surface area contributed by atoms with Crippen LogP contribution in [0.15, 0.2) is 42.7 Å². The number of ether oxygens (including phenoxy) is 2. The van der Waals surface area contributed by atoms with Crippen molar-refractivity contribution in [2.45, 2.75) is 5.75 Å². The number of aromatic nitrogens is 1. The van der Waals surface area contributed by atoms with Crippen molar-refractivity contribution in [2.24, 2.45) is 0 Å². The maximum Gasteiger partial charge on any atom is 0.239 e. The molecule has 0 aliphatic rings. The Balaban J connectivity index is 1.96. The first kappa shape index (κ1) is 18.7. The van der Waals surface area contributed by atoms with Crippen LogP contribution in [0.25, 0.3) is 0 Å². The minimum absolute atomic E-state index is 0.319. The number of rotatable bonds is 8. The molecule has 0 bridgehead atoms. The fraction of sp³-hybridized carbons (Fsp3) is 0.250. The maximum absolute atomic E-state index is 12.2. The lowest BCUT2D eigenvalue weighted by molar-refractivity contribution is -0.115. The summed E-state index contributed by atoms with van der Waals surface area (Å²) in [4.78, 5) is 15.7. The first-order valence-electron chi connectivity index (χ1n) is 7.31. The van der Waals surface area contributed by atoms with Crippen molar-refractivity contribution in [1.82, 2.24) is 9.71 Å². The summed E-state index contributed by atoms with van der Waals surface area (Å²) in [5, 5.41) is 2.55. The predicted octanol–water partition coefficient (Wildman–Crippen LogP) is 1.16. The Morgan fingerprint density at radius 1 is 1.20 bits per heavy atom. The summed E-state index contributed by atoms with van der Waals surface area (Å²) in [5.41, 5.74) is 0.951. The monoisotopic (exact) mass is 365 g/mol. The van der Waals surface area contributed by atoms with Gasteiger partial charge in [0.15, 0.2) is 0 Å². The molecule has 0 saturated heterocycles. The van der Waals surface area contributed by atoms with Gasteiger partial charge in [0.05, 0.1) is 38.4 Å². The Bertz CT molecular complexity index is 825. The number of anilines is 1. The van der Waals surface area contributed by atoms with Crippen LogP contribution in [0.1, 0.15) is 5.56 Å². The molecule has 2 N–H and O–H groups in total. The molecule has 0 atom stereocenters. The summed E-state index contributed by atoms with van der Waals surface area (Å²) in [6.45, 7) is -0.379. The van der Waals surface area contributed by atoms with E-state index in [1.54, 1.807) is 36.5 Å². The van der Waals surface area contributed by atoms with Gasteiger partial charge in [-0.2, -0.15) is 0 Å². The van der Waals surface area contributed by atoms with Crippen LogP contribution in [0.4, 0.5) is 5.69 Å². The molecule has 0 aliphatic heterocycles. The van der Waals surface area contributed by atoms with Gasteiger partial charge in [-0.1, -0.05) is 6.07 Å². The molecule has 2 aromatic rings. The standard InChI is InChI=1S/C16H19N3O5S/c1-23-14-6-5-12(15(8-14)24-2)11-25(21,22)18-10-16(20)19-13-4-3-7-17-9-13/h3-9,18H,10-11H2,1-2H3,(H,19,20). The molecule has 1 aromatic carbocycles. The van der Waals surface area contributed by atoms with Gasteiger partial charge in [-0.25, -0.2) is 13.1 Å². The van der Waals surface area contributed by atoms with Gasteiger partial charge in [0.25, 0.3) is 0 Å². The van der Waals surface area contributed by atoms with E-state index in [0.717, 1.165) is 0 Å². The molecular weight excluding hydrogens is 346 g/mol. The molecular formula is C16H19N3O5S. The van der Waals surface area contributed by atoms with Gasteiger partial charge < -0.3 is 14.8 Å². The summed E-state index contributed by atoms with van der Waals surface area (Å²) in [7, 11) is -0.770. The number of nitrogens with one attached hydrogen (secondary N) is 2. The van der Waals surface area contributed by atoms with Crippen molar-refractivity contribution in [3.63, 3.8) is 0 Å². The highest BCUT2D eigenvalue weighted by atomic mass is 32.2. The van der Waals surface area contributed by atoms with E-state index in [2.05, 4.69) is 15.0 Å².